The second-order valence-electron chi connectivity index (χ2n) is 8.38. The van der Waals surface area contributed by atoms with Gasteiger partial charge in [-0.3, -0.25) is 9.78 Å². The molecule has 0 unspecified atom stereocenters. The summed E-state index contributed by atoms with van der Waals surface area (Å²) < 4.78 is 7.09. The summed E-state index contributed by atoms with van der Waals surface area (Å²) in [6, 6.07) is 12.2. The first-order valence-electron chi connectivity index (χ1n) is 12.1. The van der Waals surface area contributed by atoms with E-state index in [1.807, 2.05) is 6.07 Å². The molecule has 0 atom stereocenters. The van der Waals surface area contributed by atoms with E-state index in [4.69, 9.17) is 4.74 Å². The number of nitrogens with zero attached hydrogens (tertiary/aromatic N) is 3. The third-order valence-corrected chi connectivity index (χ3v) is 5.72. The molecule has 192 valence electrons. The summed E-state index contributed by atoms with van der Waals surface area (Å²) in [5.74, 6) is -0.857. The van der Waals surface area contributed by atoms with Gasteiger partial charge in [0.25, 0.3) is 5.69 Å². The molecule has 0 radical (unpaired) electrons. The lowest BCUT2D eigenvalue weighted by Gasteiger charge is -2.07. The highest BCUT2D eigenvalue weighted by atomic mass is 16.5. The van der Waals surface area contributed by atoms with Crippen molar-refractivity contribution in [3.8, 4) is 11.6 Å². The summed E-state index contributed by atoms with van der Waals surface area (Å²) >= 11 is 0. The lowest BCUT2D eigenvalue weighted by atomic mass is 10.1. The maximum absolute atomic E-state index is 12.6. The summed E-state index contributed by atoms with van der Waals surface area (Å²) in [7, 11) is 0. The number of azo groups is 1. The van der Waals surface area contributed by atoms with Crippen LogP contribution in [0.4, 0.5) is 11.4 Å². The van der Waals surface area contributed by atoms with Crippen molar-refractivity contribution in [3.63, 3.8) is 0 Å². The van der Waals surface area contributed by atoms with Gasteiger partial charge in [0.1, 0.15) is 5.69 Å². The number of benzene rings is 1. The van der Waals surface area contributed by atoms with Crippen molar-refractivity contribution in [2.45, 2.75) is 58.8 Å². The summed E-state index contributed by atoms with van der Waals surface area (Å²) in [6.45, 7) is 4.24. The molecule has 0 saturated carbocycles. The normalized spacial score (nSPS) is 10.8. The lowest BCUT2D eigenvalue weighted by molar-refractivity contribution is -0.597. The van der Waals surface area contributed by atoms with Crippen LogP contribution in [0, 0.1) is 6.92 Å². The number of H-pyrrole nitrogens is 1. The summed E-state index contributed by atoms with van der Waals surface area (Å²) in [6.07, 6.45) is 11.4. The van der Waals surface area contributed by atoms with Gasteiger partial charge in [-0.2, -0.15) is 4.57 Å². The second-order valence-corrected chi connectivity index (χ2v) is 8.38. The zero-order valence-electron chi connectivity index (χ0n) is 20.8. The van der Waals surface area contributed by atoms with Gasteiger partial charge in [-0.05, 0) is 25.5 Å². The van der Waals surface area contributed by atoms with E-state index >= 15 is 0 Å². The van der Waals surface area contributed by atoms with Crippen LogP contribution in [0.25, 0.3) is 5.69 Å². The number of pyridine rings is 2. The smallest absolute Gasteiger partial charge is 0.340 e. The number of aromatic amines is 1. The van der Waals surface area contributed by atoms with Crippen LogP contribution in [0.5, 0.6) is 5.88 Å². The monoisotopic (exact) mass is 494 g/mol. The molecule has 0 fully saturated rings. The molecule has 36 heavy (non-hydrogen) atoms. The predicted octanol–water partition coefficient (Wildman–Crippen LogP) is 5.81. The van der Waals surface area contributed by atoms with E-state index < -0.39 is 17.4 Å². The quantitative estimate of drug-likeness (QED) is 0.142. The molecule has 9 heteroatoms. The fraction of sp³-hybridized carbons (Fsp3) is 0.370. The van der Waals surface area contributed by atoms with E-state index in [9.17, 15) is 14.7 Å². The number of ether oxygens (including phenoxy) is 1. The third kappa shape index (κ3) is 7.58. The number of aromatic hydroxyl groups is 1. The Hall–Kier alpha value is -3.85. The molecule has 0 aliphatic carbocycles. The molecule has 3 rings (SSSR count). The molecule has 0 aliphatic heterocycles. The van der Waals surface area contributed by atoms with Gasteiger partial charge in [0.05, 0.1) is 17.7 Å². The average molecular weight is 495 g/mol. The molecule has 9 nitrogen and oxygen atoms in total. The van der Waals surface area contributed by atoms with E-state index in [1.165, 1.54) is 25.7 Å². The van der Waals surface area contributed by atoms with Gasteiger partial charge in [-0.25, -0.2) is 4.79 Å². The molecule has 0 aliphatic rings. The van der Waals surface area contributed by atoms with Crippen LogP contribution in [-0.2, 0) is 4.74 Å². The molecule has 2 aromatic heterocycles. The van der Waals surface area contributed by atoms with Crippen LogP contribution < -0.4 is 10.1 Å². The second kappa shape index (κ2) is 14.5. The topological polar surface area (TPSA) is 138 Å². The maximum atomic E-state index is 12.6. The third-order valence-electron chi connectivity index (χ3n) is 5.72. The van der Waals surface area contributed by atoms with Crippen LogP contribution in [0.2, 0.25) is 0 Å². The number of hydrogen-bond acceptors (Lipinski definition) is 7. The SMILES string of the molecule is CCCCCCCCCOC(=O)c1ccccc1N=Nc1c(O)[nH]c(=O)c(-[n+]2ccccc2)c1C.[OH-]. The number of carbonyl (C=O) groups is 1. The standard InChI is InChI=1S/C27H32N4O4.H2O/c1-3-4-5-6-7-8-14-19-35-27(34)21-15-10-11-16-22(21)29-30-23-20(2)24(26(33)28-25(23)32)31-17-12-9-13-18-31;/h9-13,15-18H,3-8,14,19H2,1-2H3,(H-,28,29,32,33,34);1H2. The summed E-state index contributed by atoms with van der Waals surface area (Å²) in [4.78, 5) is 27.5. The van der Waals surface area contributed by atoms with E-state index in [1.54, 1.807) is 60.3 Å². The molecular weight excluding hydrogens is 460 g/mol. The van der Waals surface area contributed by atoms with Crippen molar-refractivity contribution >= 4 is 17.3 Å². The molecule has 3 aromatic rings. The highest BCUT2D eigenvalue weighted by Gasteiger charge is 2.22. The van der Waals surface area contributed by atoms with E-state index in [0.29, 0.717) is 29.1 Å². The van der Waals surface area contributed by atoms with Crippen molar-refractivity contribution in [2.24, 2.45) is 10.2 Å². The van der Waals surface area contributed by atoms with Crippen molar-refractivity contribution in [2.75, 3.05) is 6.61 Å². The zero-order chi connectivity index (χ0) is 25.0. The Morgan fingerprint density at radius 2 is 1.64 bits per heavy atom. The summed E-state index contributed by atoms with van der Waals surface area (Å²) in [5, 5.41) is 18.7. The van der Waals surface area contributed by atoms with Gasteiger partial charge >= 0.3 is 11.5 Å². The Morgan fingerprint density at radius 1 is 0.972 bits per heavy atom. The van der Waals surface area contributed by atoms with Crippen LogP contribution in [0.1, 0.15) is 67.8 Å². The van der Waals surface area contributed by atoms with Gasteiger partial charge < -0.3 is 15.3 Å². The minimum Gasteiger partial charge on any atom is -0.870 e. The Kier molecular flexibility index (Phi) is 11.5. The molecule has 0 spiro atoms. The number of unbranched alkanes of at least 4 members (excludes halogenated alkanes) is 6. The molecular formula is C27H34N4O5. The molecule has 3 N–H and O–H groups in total. The zero-order valence-corrected chi connectivity index (χ0v) is 20.8. The minimum atomic E-state index is -0.464. The molecule has 1 aromatic carbocycles. The maximum Gasteiger partial charge on any atom is 0.340 e. The van der Waals surface area contributed by atoms with E-state index in [-0.39, 0.29) is 11.2 Å². The molecule has 0 saturated heterocycles. The number of hydrogen-bond donors (Lipinski definition) is 2. The number of rotatable bonds is 12. The van der Waals surface area contributed by atoms with Gasteiger partial charge in [0.2, 0.25) is 5.88 Å². The number of esters is 1. The first-order chi connectivity index (χ1) is 17.0. The Morgan fingerprint density at radius 3 is 2.36 bits per heavy atom. The Balaban J connectivity index is 0.00000456. The highest BCUT2D eigenvalue weighted by molar-refractivity contribution is 5.94. The van der Waals surface area contributed by atoms with Gasteiger partial charge in [-0.1, -0.05) is 63.6 Å². The largest absolute Gasteiger partial charge is 0.870 e. The van der Waals surface area contributed by atoms with Crippen LogP contribution >= 0.6 is 0 Å². The van der Waals surface area contributed by atoms with Crippen LogP contribution in [0.3, 0.4) is 0 Å². The van der Waals surface area contributed by atoms with E-state index in [2.05, 4.69) is 22.1 Å². The lowest BCUT2D eigenvalue weighted by Crippen LogP contribution is -2.37. The Bertz CT molecular complexity index is 1210. The van der Waals surface area contributed by atoms with Crippen molar-refractivity contribution < 1.29 is 24.7 Å². The van der Waals surface area contributed by atoms with Gasteiger partial charge in [-0.15, -0.1) is 10.2 Å². The van der Waals surface area contributed by atoms with Gasteiger partial charge in [0.15, 0.2) is 18.1 Å². The van der Waals surface area contributed by atoms with E-state index in [0.717, 1.165) is 19.3 Å². The molecule has 0 amide bonds. The van der Waals surface area contributed by atoms with Crippen LogP contribution in [0.15, 0.2) is 69.9 Å². The number of nitrogens with one attached hydrogen (secondary N) is 1. The Labute approximate surface area is 210 Å². The summed E-state index contributed by atoms with van der Waals surface area (Å²) in [5.41, 5.74) is 1.03. The average Bonchev–Trinajstić information content (AvgIpc) is 2.86. The van der Waals surface area contributed by atoms with Crippen molar-refractivity contribution in [1.29, 1.82) is 0 Å². The number of aromatic nitrogens is 2. The minimum absolute atomic E-state index is 0. The van der Waals surface area contributed by atoms with Crippen LogP contribution in [-0.4, -0.2) is 28.1 Å². The number of carbonyl (C=O) groups excluding carboxylic acids is 1. The fourth-order valence-electron chi connectivity index (χ4n) is 3.81. The first-order valence-corrected chi connectivity index (χ1v) is 12.1. The first kappa shape index (κ1) is 28.4. The highest BCUT2D eigenvalue weighted by Crippen LogP contribution is 2.31. The molecule has 2 heterocycles. The van der Waals surface area contributed by atoms with Crippen molar-refractivity contribution in [1.82, 2.24) is 4.98 Å². The predicted molar refractivity (Wildman–Crippen MR) is 136 cm³/mol. The fourth-order valence-corrected chi connectivity index (χ4v) is 3.81. The van der Waals surface area contributed by atoms with Gasteiger partial charge in [0, 0.05) is 12.1 Å². The van der Waals surface area contributed by atoms with Crippen molar-refractivity contribution in [3.05, 3.63) is 76.3 Å². The molecule has 0 bridgehead atoms.